The molecule has 94 heavy (non-hydrogen) atoms. The minimum absolute atomic E-state index is 0.105. The number of esters is 4. The van der Waals surface area contributed by atoms with E-state index in [1.165, 1.54) is 205 Å². The molecule has 0 rings (SSSR count). The van der Waals surface area contributed by atoms with Crippen LogP contribution in [0.5, 0.6) is 0 Å². The van der Waals surface area contributed by atoms with Gasteiger partial charge < -0.3 is 33.8 Å². The minimum atomic E-state index is -4.96. The Hall–Kier alpha value is -1.94. The highest BCUT2D eigenvalue weighted by Crippen LogP contribution is 2.45. The van der Waals surface area contributed by atoms with Crippen molar-refractivity contribution in [2.45, 2.75) is 407 Å². The number of aliphatic hydroxyl groups excluding tert-OH is 1. The Balaban J connectivity index is 5.25. The Morgan fingerprint density at radius 1 is 0.309 bits per heavy atom. The van der Waals surface area contributed by atoms with E-state index in [0.29, 0.717) is 25.7 Å². The molecule has 0 radical (unpaired) electrons. The highest BCUT2D eigenvalue weighted by molar-refractivity contribution is 7.47. The zero-order valence-corrected chi connectivity index (χ0v) is 63.1. The average molecular weight is 1380 g/mol. The third-order valence-electron chi connectivity index (χ3n) is 17.8. The van der Waals surface area contributed by atoms with Crippen LogP contribution in [0.4, 0.5) is 0 Å². The topological polar surface area (TPSA) is 237 Å². The Morgan fingerprint density at radius 3 is 0.809 bits per heavy atom. The molecule has 17 nitrogen and oxygen atoms in total. The molecule has 3 unspecified atom stereocenters. The van der Waals surface area contributed by atoms with Crippen LogP contribution in [-0.2, 0) is 65.4 Å². The van der Waals surface area contributed by atoms with E-state index >= 15 is 0 Å². The van der Waals surface area contributed by atoms with Crippen LogP contribution >= 0.6 is 15.6 Å². The predicted molar refractivity (Wildman–Crippen MR) is 381 cm³/mol. The van der Waals surface area contributed by atoms with Gasteiger partial charge in [-0.25, -0.2) is 9.13 Å². The summed E-state index contributed by atoms with van der Waals surface area (Å²) in [6.07, 6.45) is 53.9. The molecular formula is C75H146O17P2. The maximum Gasteiger partial charge on any atom is 0.472 e. The van der Waals surface area contributed by atoms with Crippen LogP contribution in [0.3, 0.4) is 0 Å². The molecule has 0 bridgehead atoms. The third kappa shape index (κ3) is 67.3. The van der Waals surface area contributed by atoms with Gasteiger partial charge in [0.25, 0.3) is 0 Å². The van der Waals surface area contributed by atoms with Crippen LogP contribution in [0.15, 0.2) is 0 Å². The number of hydrogen-bond acceptors (Lipinski definition) is 15. The summed E-state index contributed by atoms with van der Waals surface area (Å²) in [6.45, 7) is 9.60. The molecule has 558 valence electrons. The standard InChI is InChI=1S/C75H146O17P2/c1-7-10-12-14-16-18-20-21-22-26-29-33-40-46-52-58-73(78)86-63-70(91-74(79)59-53-47-41-34-30-27-24-23-25-28-31-37-43-49-55-67(4)5)65-89-93(81,82)87-61-69(76)62-88-94(83,84)90-66-71(64-85-72(77)57-51-45-39-32-19-17-15-13-11-8-2)92-75(80)60-54-48-42-36-35-38-44-50-56-68(6)9-3/h67-71,76H,7-66H2,1-6H3,(H,81,82)(H,83,84)/t68?,69-,70-,71-/m1/s1. The summed E-state index contributed by atoms with van der Waals surface area (Å²) in [5, 5.41) is 10.6. The zero-order chi connectivity index (χ0) is 69.3. The molecule has 0 saturated carbocycles. The van der Waals surface area contributed by atoms with Crippen molar-refractivity contribution in [2.75, 3.05) is 39.6 Å². The largest absolute Gasteiger partial charge is 0.472 e. The number of carbonyl (C=O) groups excluding carboxylic acids is 4. The molecule has 0 aliphatic rings. The first-order valence-corrected chi connectivity index (χ1v) is 42.0. The molecule has 0 aliphatic heterocycles. The van der Waals surface area contributed by atoms with Gasteiger partial charge in [-0.15, -0.1) is 0 Å². The van der Waals surface area contributed by atoms with Crippen molar-refractivity contribution in [3.63, 3.8) is 0 Å². The average Bonchev–Trinajstić information content (AvgIpc) is 1.45. The summed E-state index contributed by atoms with van der Waals surface area (Å²) in [4.78, 5) is 72.8. The van der Waals surface area contributed by atoms with E-state index in [1.54, 1.807) is 0 Å². The van der Waals surface area contributed by atoms with E-state index in [2.05, 4.69) is 41.5 Å². The van der Waals surface area contributed by atoms with Crippen molar-refractivity contribution in [3.8, 4) is 0 Å². The molecule has 0 aliphatic carbocycles. The molecule has 0 aromatic carbocycles. The van der Waals surface area contributed by atoms with Crippen LogP contribution in [-0.4, -0.2) is 96.7 Å². The van der Waals surface area contributed by atoms with Crippen molar-refractivity contribution in [2.24, 2.45) is 11.8 Å². The van der Waals surface area contributed by atoms with E-state index in [9.17, 15) is 43.2 Å². The summed E-state index contributed by atoms with van der Waals surface area (Å²) < 4.78 is 68.5. The number of phosphoric ester groups is 2. The van der Waals surface area contributed by atoms with E-state index in [4.69, 9.17) is 37.0 Å². The van der Waals surface area contributed by atoms with E-state index in [0.717, 1.165) is 102 Å². The van der Waals surface area contributed by atoms with Crippen molar-refractivity contribution in [1.82, 2.24) is 0 Å². The lowest BCUT2D eigenvalue weighted by Gasteiger charge is -2.21. The van der Waals surface area contributed by atoms with Crippen LogP contribution in [0, 0.1) is 11.8 Å². The summed E-state index contributed by atoms with van der Waals surface area (Å²) in [5.41, 5.74) is 0. The van der Waals surface area contributed by atoms with Crippen molar-refractivity contribution >= 4 is 39.5 Å². The molecule has 0 amide bonds. The summed E-state index contributed by atoms with van der Waals surface area (Å²) in [6, 6.07) is 0. The molecule has 0 heterocycles. The monoisotopic (exact) mass is 1380 g/mol. The molecule has 0 aromatic rings. The van der Waals surface area contributed by atoms with Gasteiger partial charge in [0.15, 0.2) is 12.2 Å². The lowest BCUT2D eigenvalue weighted by Crippen LogP contribution is -2.30. The molecule has 6 atom stereocenters. The molecule has 0 spiro atoms. The maximum atomic E-state index is 13.1. The van der Waals surface area contributed by atoms with Gasteiger partial charge in [-0.1, -0.05) is 337 Å². The van der Waals surface area contributed by atoms with E-state index in [-0.39, 0.29) is 25.7 Å². The highest BCUT2D eigenvalue weighted by atomic mass is 31.2. The molecule has 3 N–H and O–H groups in total. The van der Waals surface area contributed by atoms with Gasteiger partial charge >= 0.3 is 39.5 Å². The number of rotatable bonds is 74. The smallest absolute Gasteiger partial charge is 0.462 e. The number of phosphoric acid groups is 2. The van der Waals surface area contributed by atoms with Gasteiger partial charge in [0, 0.05) is 25.7 Å². The Labute approximate surface area is 575 Å². The number of ether oxygens (including phenoxy) is 4. The molecule has 0 aromatic heterocycles. The quantitative estimate of drug-likeness (QED) is 0.0222. The van der Waals surface area contributed by atoms with Gasteiger partial charge in [0.1, 0.15) is 19.3 Å². The SMILES string of the molecule is CCCCCCCCCCCCCCCCCC(=O)OC[C@H](COP(=O)(O)OC[C@@H](O)COP(=O)(O)OC[C@@H](COC(=O)CCCCCCCCCCCC)OC(=O)CCCCCCCCCCC(C)CC)OC(=O)CCCCCCCCCCCCCCCCC(C)C. The number of aliphatic hydroxyl groups is 1. The number of hydrogen-bond donors (Lipinski definition) is 3. The first-order chi connectivity index (χ1) is 45.4. The molecular weight excluding hydrogens is 1230 g/mol. The predicted octanol–water partition coefficient (Wildman–Crippen LogP) is 21.9. The Morgan fingerprint density at radius 2 is 0.543 bits per heavy atom. The van der Waals surface area contributed by atoms with Gasteiger partial charge in [0.05, 0.1) is 26.4 Å². The summed E-state index contributed by atoms with van der Waals surface area (Å²) in [7, 11) is -9.91. The van der Waals surface area contributed by atoms with Crippen molar-refractivity contribution in [1.29, 1.82) is 0 Å². The van der Waals surface area contributed by atoms with Crippen LogP contribution in [0.25, 0.3) is 0 Å². The second-order valence-corrected chi connectivity index (χ2v) is 30.7. The lowest BCUT2D eigenvalue weighted by molar-refractivity contribution is -0.161. The second kappa shape index (κ2) is 66.9. The van der Waals surface area contributed by atoms with Gasteiger partial charge in [-0.05, 0) is 37.5 Å². The molecule has 0 saturated heterocycles. The van der Waals surface area contributed by atoms with Crippen LogP contribution in [0.1, 0.15) is 388 Å². The highest BCUT2D eigenvalue weighted by Gasteiger charge is 2.30. The minimum Gasteiger partial charge on any atom is -0.462 e. The van der Waals surface area contributed by atoms with Crippen LogP contribution in [0.2, 0.25) is 0 Å². The maximum absolute atomic E-state index is 13.1. The molecule has 0 fully saturated rings. The third-order valence-corrected chi connectivity index (χ3v) is 19.7. The fourth-order valence-electron chi connectivity index (χ4n) is 11.4. The summed E-state index contributed by atoms with van der Waals surface area (Å²) in [5.74, 6) is -0.552. The van der Waals surface area contributed by atoms with Gasteiger partial charge in [0.2, 0.25) is 0 Å². The number of unbranched alkanes of at least 4 members (excludes halogenated alkanes) is 43. The van der Waals surface area contributed by atoms with Crippen molar-refractivity contribution in [3.05, 3.63) is 0 Å². The Kier molecular flexibility index (Phi) is 65.5. The lowest BCUT2D eigenvalue weighted by atomic mass is 9.99. The molecule has 19 heteroatoms. The summed E-state index contributed by atoms with van der Waals surface area (Å²) >= 11 is 0. The first-order valence-electron chi connectivity index (χ1n) is 39.0. The fraction of sp³-hybridized carbons (Fsp3) is 0.947. The fourth-order valence-corrected chi connectivity index (χ4v) is 13.0. The number of carbonyl (C=O) groups is 4. The van der Waals surface area contributed by atoms with Gasteiger partial charge in [-0.2, -0.15) is 0 Å². The normalized spacial score (nSPS) is 14.3. The van der Waals surface area contributed by atoms with E-state index < -0.39 is 97.5 Å². The second-order valence-electron chi connectivity index (χ2n) is 27.8. The van der Waals surface area contributed by atoms with Gasteiger partial charge in [-0.3, -0.25) is 37.3 Å². The Bertz CT molecular complexity index is 1820. The van der Waals surface area contributed by atoms with E-state index in [1.807, 2.05) is 0 Å². The zero-order valence-electron chi connectivity index (χ0n) is 61.3. The van der Waals surface area contributed by atoms with Crippen molar-refractivity contribution < 1.29 is 80.2 Å². The first kappa shape index (κ1) is 92.1. The van der Waals surface area contributed by atoms with Crippen LogP contribution < -0.4 is 0 Å².